The van der Waals surface area contributed by atoms with Gasteiger partial charge in [-0.3, -0.25) is 29.4 Å². The van der Waals surface area contributed by atoms with E-state index >= 15 is 0 Å². The van der Waals surface area contributed by atoms with Gasteiger partial charge in [-0.15, -0.1) is 11.3 Å². The highest BCUT2D eigenvalue weighted by Crippen LogP contribution is 2.35. The van der Waals surface area contributed by atoms with Crippen LogP contribution in [-0.4, -0.2) is 42.3 Å². The highest BCUT2D eigenvalue weighted by Gasteiger charge is 2.29. The lowest BCUT2D eigenvalue weighted by Gasteiger charge is -2.28. The molecule has 0 N–H and O–H groups in total. The Bertz CT molecular complexity index is 943. The number of ketones is 1. The predicted molar refractivity (Wildman–Crippen MR) is 95.6 cm³/mol. The number of carbonyl (C=O) groups excluding carboxylic acids is 3. The van der Waals surface area contributed by atoms with E-state index in [1.54, 1.807) is 6.07 Å². The van der Waals surface area contributed by atoms with Gasteiger partial charge in [0.25, 0.3) is 11.6 Å². The van der Waals surface area contributed by atoms with E-state index in [9.17, 15) is 24.5 Å². The second-order valence-corrected chi connectivity index (χ2v) is 7.08. The van der Waals surface area contributed by atoms with Gasteiger partial charge in [-0.1, -0.05) is 11.6 Å². The number of halogens is 1. The molecule has 1 aromatic heterocycles. The molecule has 0 bridgehead atoms. The van der Waals surface area contributed by atoms with Gasteiger partial charge in [0.05, 0.1) is 19.8 Å². The second-order valence-electron chi connectivity index (χ2n) is 5.37. The summed E-state index contributed by atoms with van der Waals surface area (Å²) in [6.07, 6.45) is 0. The molecule has 1 aliphatic rings. The SMILES string of the molecule is O=C(CN1C(=O)COc2ccc([N+](=O)[O-])cc21)OCC(=O)c1ccc(Cl)s1. The van der Waals surface area contributed by atoms with Crippen molar-refractivity contribution in [2.45, 2.75) is 0 Å². The summed E-state index contributed by atoms with van der Waals surface area (Å²) in [4.78, 5) is 47.8. The minimum atomic E-state index is -0.835. The van der Waals surface area contributed by atoms with Crippen molar-refractivity contribution in [3.05, 3.63) is 49.7 Å². The number of Topliss-reactive ketones (excluding diaryl/α,β-unsaturated/α-hetero) is 1. The number of nitrogens with zero attached hydrogens (tertiary/aromatic N) is 2. The Hall–Kier alpha value is -2.98. The Balaban J connectivity index is 1.68. The molecule has 140 valence electrons. The van der Waals surface area contributed by atoms with E-state index in [0.29, 0.717) is 9.21 Å². The summed E-state index contributed by atoms with van der Waals surface area (Å²) in [6.45, 7) is -1.32. The number of hydrogen-bond donors (Lipinski definition) is 0. The lowest BCUT2D eigenvalue weighted by Crippen LogP contribution is -2.42. The maximum atomic E-state index is 12.1. The molecule has 0 unspecified atom stereocenters. The van der Waals surface area contributed by atoms with Crippen molar-refractivity contribution in [2.75, 3.05) is 24.7 Å². The van der Waals surface area contributed by atoms with Crippen LogP contribution in [0.4, 0.5) is 11.4 Å². The monoisotopic (exact) mass is 410 g/mol. The summed E-state index contributed by atoms with van der Waals surface area (Å²) >= 11 is 6.81. The number of amides is 1. The lowest BCUT2D eigenvalue weighted by atomic mass is 10.2. The number of hydrogen-bond acceptors (Lipinski definition) is 8. The maximum absolute atomic E-state index is 12.1. The van der Waals surface area contributed by atoms with Gasteiger partial charge in [-0.2, -0.15) is 0 Å². The molecule has 0 aliphatic carbocycles. The van der Waals surface area contributed by atoms with Gasteiger partial charge in [0.2, 0.25) is 5.78 Å². The van der Waals surface area contributed by atoms with Crippen LogP contribution in [0.1, 0.15) is 9.67 Å². The number of rotatable bonds is 6. The van der Waals surface area contributed by atoms with Crippen LogP contribution >= 0.6 is 22.9 Å². The number of nitro groups is 1. The fraction of sp³-hybridized carbons (Fsp3) is 0.188. The normalized spacial score (nSPS) is 12.9. The van der Waals surface area contributed by atoms with Crippen molar-refractivity contribution in [1.29, 1.82) is 0 Å². The predicted octanol–water partition coefficient (Wildman–Crippen LogP) is 2.46. The minimum Gasteiger partial charge on any atom is -0.482 e. The summed E-state index contributed by atoms with van der Waals surface area (Å²) in [5.41, 5.74) is -0.163. The molecule has 0 fully saturated rings. The fourth-order valence-corrected chi connectivity index (χ4v) is 3.30. The van der Waals surface area contributed by atoms with Crippen molar-refractivity contribution in [2.24, 2.45) is 0 Å². The van der Waals surface area contributed by atoms with Crippen LogP contribution in [-0.2, 0) is 14.3 Å². The molecule has 0 atom stereocenters. The van der Waals surface area contributed by atoms with Gasteiger partial charge in [-0.05, 0) is 18.2 Å². The van der Waals surface area contributed by atoms with Crippen molar-refractivity contribution < 1.29 is 28.8 Å². The zero-order valence-corrected chi connectivity index (χ0v) is 15.1. The lowest BCUT2D eigenvalue weighted by molar-refractivity contribution is -0.384. The van der Waals surface area contributed by atoms with Crippen molar-refractivity contribution >= 4 is 52.0 Å². The summed E-state index contributed by atoms with van der Waals surface area (Å²) in [6, 6.07) is 6.79. The molecule has 11 heteroatoms. The van der Waals surface area contributed by atoms with E-state index in [4.69, 9.17) is 21.1 Å². The Morgan fingerprint density at radius 2 is 2.11 bits per heavy atom. The third-order valence-electron chi connectivity index (χ3n) is 3.60. The summed E-state index contributed by atoms with van der Waals surface area (Å²) in [5.74, 6) is -1.59. The van der Waals surface area contributed by atoms with E-state index < -0.39 is 35.7 Å². The van der Waals surface area contributed by atoms with Crippen LogP contribution in [0.15, 0.2) is 30.3 Å². The van der Waals surface area contributed by atoms with Gasteiger partial charge in [0.15, 0.2) is 13.2 Å². The van der Waals surface area contributed by atoms with Crippen molar-refractivity contribution in [1.82, 2.24) is 0 Å². The van der Waals surface area contributed by atoms with Gasteiger partial charge in [0.1, 0.15) is 12.3 Å². The molecule has 1 aromatic carbocycles. The number of thiophene rings is 1. The molecule has 0 radical (unpaired) electrons. The molecule has 1 amide bonds. The van der Waals surface area contributed by atoms with Gasteiger partial charge >= 0.3 is 5.97 Å². The molecule has 0 saturated carbocycles. The quantitative estimate of drug-likeness (QED) is 0.311. The van der Waals surface area contributed by atoms with E-state index in [0.717, 1.165) is 22.3 Å². The molecule has 3 rings (SSSR count). The molecule has 27 heavy (non-hydrogen) atoms. The van der Waals surface area contributed by atoms with Crippen LogP contribution in [0, 0.1) is 10.1 Å². The zero-order valence-electron chi connectivity index (χ0n) is 13.5. The summed E-state index contributed by atoms with van der Waals surface area (Å²) < 4.78 is 10.6. The number of ether oxygens (including phenoxy) is 2. The third kappa shape index (κ3) is 4.23. The van der Waals surface area contributed by atoms with Gasteiger partial charge in [-0.25, -0.2) is 0 Å². The topological polar surface area (TPSA) is 116 Å². The zero-order chi connectivity index (χ0) is 19.6. The standard InChI is InChI=1S/C16H11ClN2O7S/c17-14-4-3-13(27-14)11(20)7-26-16(22)6-18-10-5-9(19(23)24)1-2-12(10)25-8-15(18)21/h1-5H,6-8H2. The molecular weight excluding hydrogens is 400 g/mol. The number of esters is 1. The van der Waals surface area contributed by atoms with Crippen LogP contribution in [0.25, 0.3) is 0 Å². The molecular formula is C16H11ClN2O7S. The van der Waals surface area contributed by atoms with Crippen molar-refractivity contribution in [3.8, 4) is 5.75 Å². The molecule has 0 spiro atoms. The Kier molecular flexibility index (Phi) is 5.38. The van der Waals surface area contributed by atoms with E-state index in [1.165, 1.54) is 18.2 Å². The number of nitro benzene ring substituents is 1. The molecule has 1 aliphatic heterocycles. The second kappa shape index (κ2) is 7.72. The largest absolute Gasteiger partial charge is 0.482 e. The first-order valence-electron chi connectivity index (χ1n) is 7.51. The number of carbonyl (C=O) groups is 3. The highest BCUT2D eigenvalue weighted by molar-refractivity contribution is 7.18. The molecule has 0 saturated heterocycles. The average Bonchev–Trinajstić information content (AvgIpc) is 3.08. The van der Waals surface area contributed by atoms with Crippen LogP contribution in [0.2, 0.25) is 4.34 Å². The maximum Gasteiger partial charge on any atom is 0.326 e. The van der Waals surface area contributed by atoms with Crippen molar-refractivity contribution in [3.63, 3.8) is 0 Å². The van der Waals surface area contributed by atoms with Gasteiger partial charge < -0.3 is 9.47 Å². The first-order chi connectivity index (χ1) is 12.8. The Labute approximate surface area is 161 Å². The highest BCUT2D eigenvalue weighted by atomic mass is 35.5. The molecule has 2 aromatic rings. The average molecular weight is 411 g/mol. The Morgan fingerprint density at radius 3 is 2.78 bits per heavy atom. The van der Waals surface area contributed by atoms with Gasteiger partial charge in [0, 0.05) is 12.1 Å². The molecule has 2 heterocycles. The number of anilines is 1. The minimum absolute atomic E-state index is 0.0914. The van der Waals surface area contributed by atoms with E-state index in [1.807, 2.05) is 0 Å². The van der Waals surface area contributed by atoms with E-state index in [-0.39, 0.29) is 23.7 Å². The van der Waals surface area contributed by atoms with Crippen LogP contribution < -0.4 is 9.64 Å². The summed E-state index contributed by atoms with van der Waals surface area (Å²) in [7, 11) is 0. The van der Waals surface area contributed by atoms with Crippen LogP contribution in [0.3, 0.4) is 0 Å². The summed E-state index contributed by atoms with van der Waals surface area (Å²) in [5, 5.41) is 10.9. The number of fused-ring (bicyclic) bond motifs is 1. The number of non-ortho nitro benzene ring substituents is 1. The number of benzene rings is 1. The first kappa shape index (κ1) is 18.8. The first-order valence-corrected chi connectivity index (χ1v) is 8.70. The van der Waals surface area contributed by atoms with Crippen LogP contribution in [0.5, 0.6) is 5.75 Å². The fourth-order valence-electron chi connectivity index (χ4n) is 2.33. The Morgan fingerprint density at radius 1 is 1.33 bits per heavy atom. The molecule has 9 nitrogen and oxygen atoms in total. The van der Waals surface area contributed by atoms with E-state index in [2.05, 4.69) is 0 Å². The smallest absolute Gasteiger partial charge is 0.326 e. The third-order valence-corrected chi connectivity index (χ3v) is 4.87.